The van der Waals surface area contributed by atoms with E-state index in [9.17, 15) is 5.11 Å². The first-order valence-corrected chi connectivity index (χ1v) is 5.75. The third-order valence-electron chi connectivity index (χ3n) is 2.77. The second kappa shape index (κ2) is 7.24. The van der Waals surface area contributed by atoms with Gasteiger partial charge in [0.1, 0.15) is 0 Å². The van der Waals surface area contributed by atoms with Gasteiger partial charge in [0.05, 0.1) is 11.7 Å². The van der Waals surface area contributed by atoms with Gasteiger partial charge in [0, 0.05) is 7.11 Å². The van der Waals surface area contributed by atoms with E-state index in [0.29, 0.717) is 0 Å². The third kappa shape index (κ3) is 7.34. The van der Waals surface area contributed by atoms with Gasteiger partial charge in [-0.25, -0.2) is 0 Å². The molecule has 0 aromatic heterocycles. The molecule has 0 saturated carbocycles. The lowest BCUT2D eigenvalue weighted by Gasteiger charge is -2.24. The Balaban J connectivity index is 3.48. The van der Waals surface area contributed by atoms with E-state index in [1.807, 2.05) is 0 Å². The normalized spacial score (nSPS) is 14.4. The number of aliphatic hydroxyl groups excluding tert-OH is 1. The van der Waals surface area contributed by atoms with Gasteiger partial charge in [-0.2, -0.15) is 0 Å². The number of methoxy groups -OCH3 is 1. The van der Waals surface area contributed by atoms with Gasteiger partial charge in [-0.05, 0) is 33.1 Å². The highest BCUT2D eigenvalue weighted by atomic mass is 16.5. The second-order valence-corrected chi connectivity index (χ2v) is 4.65. The van der Waals surface area contributed by atoms with Crippen molar-refractivity contribution in [2.24, 2.45) is 0 Å². The summed E-state index contributed by atoms with van der Waals surface area (Å²) in [6.07, 6.45) is 6.16. The molecule has 0 aliphatic carbocycles. The van der Waals surface area contributed by atoms with Crippen molar-refractivity contribution < 1.29 is 9.84 Å². The van der Waals surface area contributed by atoms with Gasteiger partial charge in [-0.15, -0.1) is 0 Å². The molecule has 0 fully saturated rings. The van der Waals surface area contributed by atoms with Crippen LogP contribution in [0.3, 0.4) is 0 Å². The lowest BCUT2D eigenvalue weighted by Crippen LogP contribution is -2.24. The minimum atomic E-state index is -0.143. The zero-order valence-corrected chi connectivity index (χ0v) is 10.2. The van der Waals surface area contributed by atoms with Crippen molar-refractivity contribution >= 4 is 0 Å². The maximum Gasteiger partial charge on any atom is 0.0623 e. The highest BCUT2D eigenvalue weighted by Gasteiger charge is 2.17. The van der Waals surface area contributed by atoms with Crippen LogP contribution in [0, 0.1) is 0 Å². The standard InChI is InChI=1S/C12H26O2/c1-5-6-7-8-11(13)9-10-12(2,3)14-4/h11,13H,5-10H2,1-4H3. The highest BCUT2D eigenvalue weighted by Crippen LogP contribution is 2.18. The van der Waals surface area contributed by atoms with Gasteiger partial charge in [0.25, 0.3) is 0 Å². The number of unbranched alkanes of at least 4 members (excludes halogenated alkanes) is 2. The number of hydrogen-bond donors (Lipinski definition) is 1. The van der Waals surface area contributed by atoms with E-state index in [1.54, 1.807) is 7.11 Å². The Kier molecular flexibility index (Phi) is 7.20. The summed E-state index contributed by atoms with van der Waals surface area (Å²) in [5.41, 5.74) is -0.0915. The molecule has 0 radical (unpaired) electrons. The van der Waals surface area contributed by atoms with Crippen LogP contribution in [0.1, 0.15) is 59.3 Å². The van der Waals surface area contributed by atoms with Crippen molar-refractivity contribution in [2.45, 2.75) is 71.0 Å². The van der Waals surface area contributed by atoms with Crippen molar-refractivity contribution in [3.05, 3.63) is 0 Å². The zero-order valence-electron chi connectivity index (χ0n) is 10.2. The van der Waals surface area contributed by atoms with Crippen LogP contribution < -0.4 is 0 Å². The first-order chi connectivity index (χ1) is 6.52. The molecule has 0 aliphatic heterocycles. The average Bonchev–Trinajstić information content (AvgIpc) is 2.16. The molecule has 2 heteroatoms. The SMILES string of the molecule is CCCCCC(O)CCC(C)(C)OC. The molecule has 0 bridgehead atoms. The Labute approximate surface area is 88.7 Å². The summed E-state index contributed by atoms with van der Waals surface area (Å²) in [4.78, 5) is 0. The van der Waals surface area contributed by atoms with E-state index in [2.05, 4.69) is 20.8 Å². The summed E-state index contributed by atoms with van der Waals surface area (Å²) in [5.74, 6) is 0. The number of rotatable bonds is 8. The molecule has 2 nitrogen and oxygen atoms in total. The molecule has 0 amide bonds. The third-order valence-corrected chi connectivity index (χ3v) is 2.77. The molecular weight excluding hydrogens is 176 g/mol. The Bertz CT molecular complexity index is 132. The molecule has 1 atom stereocenters. The number of ether oxygens (including phenoxy) is 1. The molecule has 1 N–H and O–H groups in total. The Morgan fingerprint density at radius 1 is 1.21 bits per heavy atom. The lowest BCUT2D eigenvalue weighted by molar-refractivity contribution is 0.00206. The van der Waals surface area contributed by atoms with Crippen molar-refractivity contribution in [3.63, 3.8) is 0 Å². The van der Waals surface area contributed by atoms with Crippen LogP contribution in [0.5, 0.6) is 0 Å². The van der Waals surface area contributed by atoms with Gasteiger partial charge in [-0.1, -0.05) is 26.2 Å². The first kappa shape index (κ1) is 13.9. The van der Waals surface area contributed by atoms with E-state index in [0.717, 1.165) is 25.7 Å². The zero-order chi connectivity index (χ0) is 11.0. The molecule has 0 aromatic carbocycles. The van der Waals surface area contributed by atoms with Gasteiger partial charge >= 0.3 is 0 Å². The maximum absolute atomic E-state index is 9.68. The molecule has 1 unspecified atom stereocenters. The van der Waals surface area contributed by atoms with E-state index < -0.39 is 0 Å². The van der Waals surface area contributed by atoms with Crippen LogP contribution in [0.25, 0.3) is 0 Å². The summed E-state index contributed by atoms with van der Waals surface area (Å²) < 4.78 is 5.30. The van der Waals surface area contributed by atoms with Crippen molar-refractivity contribution in [3.8, 4) is 0 Å². The summed E-state index contributed by atoms with van der Waals surface area (Å²) in [5, 5.41) is 9.68. The van der Waals surface area contributed by atoms with Crippen LogP contribution in [0.2, 0.25) is 0 Å². The molecule has 0 spiro atoms. The fourth-order valence-corrected chi connectivity index (χ4v) is 1.39. The number of aliphatic hydroxyl groups is 1. The summed E-state index contributed by atoms with van der Waals surface area (Å²) in [6, 6.07) is 0. The van der Waals surface area contributed by atoms with Crippen molar-refractivity contribution in [1.29, 1.82) is 0 Å². The molecule has 0 rings (SSSR count). The topological polar surface area (TPSA) is 29.5 Å². The Hall–Kier alpha value is -0.0800. The minimum absolute atomic E-state index is 0.0915. The lowest BCUT2D eigenvalue weighted by atomic mass is 9.97. The van der Waals surface area contributed by atoms with Crippen LogP contribution >= 0.6 is 0 Å². The van der Waals surface area contributed by atoms with Crippen LogP contribution in [0.4, 0.5) is 0 Å². The highest BCUT2D eigenvalue weighted by molar-refractivity contribution is 4.70. The molecule has 86 valence electrons. The molecule has 0 saturated heterocycles. The van der Waals surface area contributed by atoms with Gasteiger partial charge in [0.15, 0.2) is 0 Å². The van der Waals surface area contributed by atoms with Crippen molar-refractivity contribution in [2.75, 3.05) is 7.11 Å². The minimum Gasteiger partial charge on any atom is -0.393 e. The van der Waals surface area contributed by atoms with E-state index in [4.69, 9.17) is 4.74 Å². The molecule has 0 aromatic rings. The van der Waals surface area contributed by atoms with Gasteiger partial charge in [-0.3, -0.25) is 0 Å². The predicted octanol–water partition coefficient (Wildman–Crippen LogP) is 3.13. The van der Waals surface area contributed by atoms with E-state index >= 15 is 0 Å². The molecule has 0 heterocycles. The fourth-order valence-electron chi connectivity index (χ4n) is 1.39. The van der Waals surface area contributed by atoms with Gasteiger partial charge < -0.3 is 9.84 Å². The largest absolute Gasteiger partial charge is 0.393 e. The Morgan fingerprint density at radius 3 is 2.36 bits per heavy atom. The monoisotopic (exact) mass is 202 g/mol. The predicted molar refractivity (Wildman–Crippen MR) is 60.5 cm³/mol. The fraction of sp³-hybridized carbons (Fsp3) is 1.00. The quantitative estimate of drug-likeness (QED) is 0.613. The summed E-state index contributed by atoms with van der Waals surface area (Å²) >= 11 is 0. The maximum atomic E-state index is 9.68. The second-order valence-electron chi connectivity index (χ2n) is 4.65. The first-order valence-electron chi connectivity index (χ1n) is 5.75. The number of hydrogen-bond acceptors (Lipinski definition) is 2. The van der Waals surface area contributed by atoms with Crippen LogP contribution in [-0.2, 0) is 4.74 Å². The summed E-state index contributed by atoms with van der Waals surface area (Å²) in [6.45, 7) is 6.30. The molecule has 0 aliphatic rings. The van der Waals surface area contributed by atoms with Crippen LogP contribution in [0.15, 0.2) is 0 Å². The van der Waals surface area contributed by atoms with Gasteiger partial charge in [0.2, 0.25) is 0 Å². The summed E-state index contributed by atoms with van der Waals surface area (Å²) in [7, 11) is 1.73. The molecule has 14 heavy (non-hydrogen) atoms. The van der Waals surface area contributed by atoms with E-state index in [1.165, 1.54) is 12.8 Å². The molecular formula is C12H26O2. The van der Waals surface area contributed by atoms with Crippen molar-refractivity contribution in [1.82, 2.24) is 0 Å². The smallest absolute Gasteiger partial charge is 0.0623 e. The van der Waals surface area contributed by atoms with Crippen LogP contribution in [-0.4, -0.2) is 23.9 Å². The Morgan fingerprint density at radius 2 is 1.86 bits per heavy atom. The average molecular weight is 202 g/mol. The van der Waals surface area contributed by atoms with E-state index in [-0.39, 0.29) is 11.7 Å².